The fourth-order valence-corrected chi connectivity index (χ4v) is 2.73. The summed E-state index contributed by atoms with van der Waals surface area (Å²) in [6, 6.07) is 17.3. The van der Waals surface area contributed by atoms with E-state index in [4.69, 9.17) is 0 Å². The Hall–Kier alpha value is -1.87. The third kappa shape index (κ3) is 3.24. The molecular weight excluding hydrogens is 329 g/mol. The van der Waals surface area contributed by atoms with Gasteiger partial charge in [0, 0.05) is 16.7 Å². The second kappa shape index (κ2) is 5.86. The number of halogens is 2. The van der Waals surface area contributed by atoms with E-state index in [-0.39, 0.29) is 5.82 Å². The maximum Gasteiger partial charge on any atom is 0.123 e. The van der Waals surface area contributed by atoms with Crippen molar-refractivity contribution in [1.82, 2.24) is 0 Å². The Bertz CT molecular complexity index is 798. The van der Waals surface area contributed by atoms with E-state index in [1.165, 1.54) is 16.8 Å². The Morgan fingerprint density at radius 3 is 2.57 bits per heavy atom. The first-order valence-electron chi connectivity index (χ1n) is 6.80. The van der Waals surface area contributed by atoms with Gasteiger partial charge in [0.05, 0.1) is 0 Å². The highest BCUT2D eigenvalue weighted by Crippen LogP contribution is 2.23. The number of benzene rings is 3. The average Bonchev–Trinajstić information content (AvgIpc) is 2.48. The average molecular weight is 344 g/mol. The number of aryl methyl sites for hydroxylation is 1. The quantitative estimate of drug-likeness (QED) is 0.646. The van der Waals surface area contributed by atoms with Gasteiger partial charge < -0.3 is 5.32 Å². The van der Waals surface area contributed by atoms with Crippen molar-refractivity contribution in [1.29, 1.82) is 0 Å². The van der Waals surface area contributed by atoms with Crippen LogP contribution in [0, 0.1) is 12.7 Å². The zero-order valence-corrected chi connectivity index (χ0v) is 13.2. The summed E-state index contributed by atoms with van der Waals surface area (Å²) in [5.41, 5.74) is 3.10. The highest BCUT2D eigenvalue weighted by molar-refractivity contribution is 9.10. The number of anilines is 1. The molecule has 3 heteroatoms. The lowest BCUT2D eigenvalue weighted by Gasteiger charge is -2.10. The first-order chi connectivity index (χ1) is 10.1. The Labute approximate surface area is 131 Å². The molecular formula is C18H15BrFN. The van der Waals surface area contributed by atoms with Crippen molar-refractivity contribution in [3.63, 3.8) is 0 Å². The van der Waals surface area contributed by atoms with Crippen molar-refractivity contribution in [3.8, 4) is 0 Å². The standard InChI is InChI=1S/C18H15BrFN/c1-12-2-6-17(20)9-15(12)11-21-18-7-4-13-8-16(19)5-3-14(13)10-18/h2-10,21H,11H2,1H3. The summed E-state index contributed by atoms with van der Waals surface area (Å²) in [6.45, 7) is 2.61. The molecule has 0 bridgehead atoms. The molecule has 1 N–H and O–H groups in total. The summed E-state index contributed by atoms with van der Waals surface area (Å²) in [4.78, 5) is 0. The molecule has 0 aliphatic carbocycles. The van der Waals surface area contributed by atoms with E-state index < -0.39 is 0 Å². The van der Waals surface area contributed by atoms with Crippen LogP contribution in [-0.4, -0.2) is 0 Å². The largest absolute Gasteiger partial charge is 0.381 e. The Morgan fingerprint density at radius 1 is 0.952 bits per heavy atom. The van der Waals surface area contributed by atoms with Crippen LogP contribution >= 0.6 is 15.9 Å². The van der Waals surface area contributed by atoms with Crippen molar-refractivity contribution in [2.45, 2.75) is 13.5 Å². The fourth-order valence-electron chi connectivity index (χ4n) is 2.35. The third-order valence-corrected chi connectivity index (χ3v) is 4.09. The molecule has 106 valence electrons. The Balaban J connectivity index is 1.82. The fraction of sp³-hybridized carbons (Fsp3) is 0.111. The van der Waals surface area contributed by atoms with Crippen LogP contribution < -0.4 is 5.32 Å². The molecule has 0 fully saturated rings. The molecule has 3 aromatic carbocycles. The zero-order chi connectivity index (χ0) is 14.8. The molecule has 0 aliphatic heterocycles. The zero-order valence-electron chi connectivity index (χ0n) is 11.7. The van der Waals surface area contributed by atoms with Crippen molar-refractivity contribution in [3.05, 3.63) is 76.0 Å². The van der Waals surface area contributed by atoms with Crippen molar-refractivity contribution < 1.29 is 4.39 Å². The van der Waals surface area contributed by atoms with Crippen LogP contribution in [0.25, 0.3) is 10.8 Å². The molecule has 3 aromatic rings. The molecule has 0 heterocycles. The number of nitrogens with one attached hydrogen (secondary N) is 1. The minimum Gasteiger partial charge on any atom is -0.381 e. The van der Waals surface area contributed by atoms with Crippen molar-refractivity contribution >= 4 is 32.4 Å². The van der Waals surface area contributed by atoms with Crippen LogP contribution in [0.4, 0.5) is 10.1 Å². The van der Waals surface area contributed by atoms with Crippen LogP contribution in [0.3, 0.4) is 0 Å². The van der Waals surface area contributed by atoms with E-state index >= 15 is 0 Å². The highest BCUT2D eigenvalue weighted by Gasteiger charge is 2.02. The lowest BCUT2D eigenvalue weighted by Crippen LogP contribution is -2.01. The number of hydrogen-bond donors (Lipinski definition) is 1. The smallest absolute Gasteiger partial charge is 0.123 e. The van der Waals surface area contributed by atoms with Crippen LogP contribution in [0.1, 0.15) is 11.1 Å². The van der Waals surface area contributed by atoms with Crippen molar-refractivity contribution in [2.24, 2.45) is 0 Å². The van der Waals surface area contributed by atoms with E-state index in [1.807, 2.05) is 25.1 Å². The second-order valence-corrected chi connectivity index (χ2v) is 6.05. The monoisotopic (exact) mass is 343 g/mol. The van der Waals surface area contributed by atoms with E-state index in [9.17, 15) is 4.39 Å². The Morgan fingerprint density at radius 2 is 1.71 bits per heavy atom. The third-order valence-electron chi connectivity index (χ3n) is 3.60. The summed E-state index contributed by atoms with van der Waals surface area (Å²) in [5.74, 6) is -0.194. The lowest BCUT2D eigenvalue weighted by atomic mass is 10.1. The van der Waals surface area contributed by atoms with Crippen molar-refractivity contribution in [2.75, 3.05) is 5.32 Å². The van der Waals surface area contributed by atoms with Gasteiger partial charge in [0.1, 0.15) is 5.82 Å². The van der Waals surface area contributed by atoms with Crippen LogP contribution in [-0.2, 0) is 6.54 Å². The minimum atomic E-state index is -0.194. The SMILES string of the molecule is Cc1ccc(F)cc1CNc1ccc2cc(Br)ccc2c1. The van der Waals surface area contributed by atoms with E-state index in [0.29, 0.717) is 6.54 Å². The molecule has 0 aromatic heterocycles. The summed E-state index contributed by atoms with van der Waals surface area (Å²) in [7, 11) is 0. The van der Waals surface area contributed by atoms with E-state index in [2.05, 4.69) is 45.5 Å². The van der Waals surface area contributed by atoms with Gasteiger partial charge in [0.25, 0.3) is 0 Å². The lowest BCUT2D eigenvalue weighted by molar-refractivity contribution is 0.625. The normalized spacial score (nSPS) is 10.8. The molecule has 3 rings (SSSR count). The predicted molar refractivity (Wildman–Crippen MR) is 90.1 cm³/mol. The summed E-state index contributed by atoms with van der Waals surface area (Å²) < 4.78 is 14.4. The first kappa shape index (κ1) is 14.1. The molecule has 0 atom stereocenters. The van der Waals surface area contributed by atoms with Crippen LogP contribution in [0.2, 0.25) is 0 Å². The van der Waals surface area contributed by atoms with Gasteiger partial charge in [-0.2, -0.15) is 0 Å². The van der Waals surface area contributed by atoms with Gasteiger partial charge in [0.2, 0.25) is 0 Å². The number of fused-ring (bicyclic) bond motifs is 1. The molecule has 0 unspecified atom stereocenters. The first-order valence-corrected chi connectivity index (χ1v) is 7.59. The van der Waals surface area contributed by atoms with Gasteiger partial charge in [-0.1, -0.05) is 34.1 Å². The molecule has 0 spiro atoms. The molecule has 21 heavy (non-hydrogen) atoms. The van der Waals surface area contributed by atoms with Gasteiger partial charge in [-0.15, -0.1) is 0 Å². The van der Waals surface area contributed by atoms with Crippen LogP contribution in [0.15, 0.2) is 59.1 Å². The second-order valence-electron chi connectivity index (χ2n) is 5.13. The van der Waals surface area contributed by atoms with Crippen LogP contribution in [0.5, 0.6) is 0 Å². The minimum absolute atomic E-state index is 0.194. The molecule has 0 amide bonds. The topological polar surface area (TPSA) is 12.0 Å². The molecule has 0 saturated heterocycles. The molecule has 0 saturated carbocycles. The van der Waals surface area contributed by atoms with Gasteiger partial charge in [-0.3, -0.25) is 0 Å². The summed E-state index contributed by atoms with van der Waals surface area (Å²) >= 11 is 3.48. The molecule has 0 radical (unpaired) electrons. The predicted octanol–water partition coefficient (Wildman–Crippen LogP) is 5.66. The van der Waals surface area contributed by atoms with Gasteiger partial charge >= 0.3 is 0 Å². The maximum absolute atomic E-state index is 13.3. The molecule has 0 aliphatic rings. The summed E-state index contributed by atoms with van der Waals surface area (Å²) in [5, 5.41) is 5.73. The van der Waals surface area contributed by atoms with E-state index in [0.717, 1.165) is 21.3 Å². The highest BCUT2D eigenvalue weighted by atomic mass is 79.9. The number of rotatable bonds is 3. The maximum atomic E-state index is 13.3. The number of hydrogen-bond acceptors (Lipinski definition) is 1. The summed E-state index contributed by atoms with van der Waals surface area (Å²) in [6.07, 6.45) is 0. The Kier molecular flexibility index (Phi) is 3.93. The van der Waals surface area contributed by atoms with Gasteiger partial charge in [-0.25, -0.2) is 4.39 Å². The van der Waals surface area contributed by atoms with Gasteiger partial charge in [0.15, 0.2) is 0 Å². The molecule has 1 nitrogen and oxygen atoms in total. The van der Waals surface area contributed by atoms with Gasteiger partial charge in [-0.05, 0) is 65.2 Å². The van der Waals surface area contributed by atoms with E-state index in [1.54, 1.807) is 6.07 Å².